The molecule has 0 aliphatic heterocycles. The number of amides is 1. The zero-order chi connectivity index (χ0) is 21.6. The SMILES string of the molecule is CC(CN)Cc1ccc(N)c(COc2ccc(N(C)C(=O)OC(C)(C)C)cc2)c1. The topological polar surface area (TPSA) is 90.8 Å². The number of anilines is 2. The van der Waals surface area contributed by atoms with E-state index in [4.69, 9.17) is 20.9 Å². The number of hydrogen-bond donors (Lipinski definition) is 2. The molecule has 0 bridgehead atoms. The molecule has 0 saturated heterocycles. The van der Waals surface area contributed by atoms with Gasteiger partial charge < -0.3 is 20.9 Å². The van der Waals surface area contributed by atoms with Crippen molar-refractivity contribution < 1.29 is 14.3 Å². The fraction of sp³-hybridized carbons (Fsp3) is 0.435. The highest BCUT2D eigenvalue weighted by molar-refractivity contribution is 5.87. The van der Waals surface area contributed by atoms with E-state index in [0.717, 1.165) is 17.7 Å². The molecule has 0 aromatic heterocycles. The first kappa shape index (κ1) is 22.6. The Kier molecular flexibility index (Phi) is 7.51. The van der Waals surface area contributed by atoms with E-state index in [2.05, 4.69) is 13.0 Å². The molecular weight excluding hydrogens is 366 g/mol. The Morgan fingerprint density at radius 1 is 1.14 bits per heavy atom. The van der Waals surface area contributed by atoms with E-state index in [-0.39, 0.29) is 0 Å². The Hall–Kier alpha value is -2.73. The second-order valence-electron chi connectivity index (χ2n) is 8.40. The lowest BCUT2D eigenvalue weighted by Gasteiger charge is -2.24. The summed E-state index contributed by atoms with van der Waals surface area (Å²) in [6, 6.07) is 13.3. The van der Waals surface area contributed by atoms with Crippen molar-refractivity contribution in [3.8, 4) is 5.75 Å². The number of nitrogens with two attached hydrogens (primary N) is 2. The minimum absolute atomic E-state index is 0.373. The highest BCUT2D eigenvalue weighted by Gasteiger charge is 2.20. The van der Waals surface area contributed by atoms with Gasteiger partial charge in [-0.05, 0) is 75.5 Å². The molecule has 1 amide bonds. The summed E-state index contributed by atoms with van der Waals surface area (Å²) in [6.07, 6.45) is 0.512. The summed E-state index contributed by atoms with van der Waals surface area (Å²) in [5.74, 6) is 1.12. The smallest absolute Gasteiger partial charge is 0.414 e. The minimum Gasteiger partial charge on any atom is -0.489 e. The number of rotatable bonds is 7. The molecule has 0 radical (unpaired) electrons. The number of ether oxygens (including phenoxy) is 2. The van der Waals surface area contributed by atoms with Crippen LogP contribution in [0.3, 0.4) is 0 Å². The predicted octanol–water partition coefficient (Wildman–Crippen LogP) is 4.36. The van der Waals surface area contributed by atoms with E-state index in [1.54, 1.807) is 7.05 Å². The molecule has 29 heavy (non-hydrogen) atoms. The third-order valence-electron chi connectivity index (χ3n) is 4.48. The average Bonchev–Trinajstić information content (AvgIpc) is 2.66. The van der Waals surface area contributed by atoms with E-state index in [0.29, 0.717) is 30.5 Å². The van der Waals surface area contributed by atoms with Gasteiger partial charge in [0.1, 0.15) is 18.0 Å². The van der Waals surface area contributed by atoms with Crippen LogP contribution in [0.2, 0.25) is 0 Å². The quantitative estimate of drug-likeness (QED) is 0.675. The van der Waals surface area contributed by atoms with Gasteiger partial charge in [-0.15, -0.1) is 0 Å². The normalized spacial score (nSPS) is 12.3. The molecule has 0 saturated carbocycles. The number of benzene rings is 2. The first-order valence-corrected chi connectivity index (χ1v) is 9.86. The van der Waals surface area contributed by atoms with Crippen LogP contribution in [-0.4, -0.2) is 25.3 Å². The molecule has 0 spiro atoms. The van der Waals surface area contributed by atoms with Crippen molar-refractivity contribution in [3.63, 3.8) is 0 Å². The average molecular weight is 400 g/mol. The molecule has 0 fully saturated rings. The second-order valence-corrected chi connectivity index (χ2v) is 8.40. The van der Waals surface area contributed by atoms with Crippen molar-refractivity contribution in [2.24, 2.45) is 11.7 Å². The van der Waals surface area contributed by atoms with Crippen molar-refractivity contribution in [1.82, 2.24) is 0 Å². The molecule has 0 heterocycles. The summed E-state index contributed by atoms with van der Waals surface area (Å²) in [6.45, 7) is 8.67. The Bertz CT molecular complexity index is 813. The number of nitrogens with zero attached hydrogens (tertiary/aromatic N) is 1. The Morgan fingerprint density at radius 2 is 1.79 bits per heavy atom. The van der Waals surface area contributed by atoms with Crippen LogP contribution in [0.5, 0.6) is 5.75 Å². The van der Waals surface area contributed by atoms with Crippen molar-refractivity contribution in [2.75, 3.05) is 24.2 Å². The van der Waals surface area contributed by atoms with Gasteiger partial charge in [-0.25, -0.2) is 4.79 Å². The monoisotopic (exact) mass is 399 g/mol. The van der Waals surface area contributed by atoms with E-state index in [1.165, 1.54) is 10.5 Å². The van der Waals surface area contributed by atoms with Crippen molar-refractivity contribution in [1.29, 1.82) is 0 Å². The van der Waals surface area contributed by atoms with Crippen LogP contribution in [0, 0.1) is 5.92 Å². The van der Waals surface area contributed by atoms with Crippen molar-refractivity contribution in [3.05, 3.63) is 53.6 Å². The van der Waals surface area contributed by atoms with Crippen LogP contribution in [0.15, 0.2) is 42.5 Å². The summed E-state index contributed by atoms with van der Waals surface area (Å²) in [7, 11) is 1.68. The molecule has 2 aromatic carbocycles. The van der Waals surface area contributed by atoms with Gasteiger partial charge in [0.05, 0.1) is 0 Å². The Labute approximate surface area is 173 Å². The van der Waals surface area contributed by atoms with Crippen molar-refractivity contribution >= 4 is 17.5 Å². The molecule has 1 atom stereocenters. The molecule has 0 aliphatic carbocycles. The van der Waals surface area contributed by atoms with Crippen LogP contribution >= 0.6 is 0 Å². The summed E-state index contributed by atoms with van der Waals surface area (Å²) in [5.41, 5.74) is 14.9. The Morgan fingerprint density at radius 3 is 2.38 bits per heavy atom. The zero-order valence-corrected chi connectivity index (χ0v) is 18.1. The van der Waals surface area contributed by atoms with Gasteiger partial charge in [-0.3, -0.25) is 4.90 Å². The Balaban J connectivity index is 2.00. The summed E-state index contributed by atoms with van der Waals surface area (Å²) in [4.78, 5) is 13.6. The summed E-state index contributed by atoms with van der Waals surface area (Å²) in [5, 5.41) is 0. The first-order chi connectivity index (χ1) is 13.6. The van der Waals surface area contributed by atoms with Gasteiger partial charge >= 0.3 is 6.09 Å². The predicted molar refractivity (Wildman–Crippen MR) is 118 cm³/mol. The van der Waals surface area contributed by atoms with Crippen LogP contribution in [0.1, 0.15) is 38.8 Å². The van der Waals surface area contributed by atoms with Crippen LogP contribution in [0.25, 0.3) is 0 Å². The fourth-order valence-corrected chi connectivity index (χ4v) is 2.76. The third-order valence-corrected chi connectivity index (χ3v) is 4.48. The number of hydrogen-bond acceptors (Lipinski definition) is 5. The maximum Gasteiger partial charge on any atom is 0.414 e. The second kappa shape index (κ2) is 9.65. The molecular formula is C23H33N3O3. The van der Waals surface area contributed by atoms with E-state index in [9.17, 15) is 4.79 Å². The number of carbonyl (C=O) groups excluding carboxylic acids is 1. The fourth-order valence-electron chi connectivity index (χ4n) is 2.76. The highest BCUT2D eigenvalue weighted by atomic mass is 16.6. The molecule has 2 rings (SSSR count). The van der Waals surface area contributed by atoms with E-state index < -0.39 is 11.7 Å². The standard InChI is InChI=1S/C23H33N3O3/c1-16(14-24)12-17-6-11-21(25)18(13-17)15-28-20-9-7-19(8-10-20)26(5)22(27)29-23(2,3)4/h6-11,13,16H,12,14-15,24-25H2,1-5H3. The van der Waals surface area contributed by atoms with Gasteiger partial charge in [-0.1, -0.05) is 19.1 Å². The van der Waals surface area contributed by atoms with Gasteiger partial charge in [0.25, 0.3) is 0 Å². The molecule has 6 heteroatoms. The highest BCUT2D eigenvalue weighted by Crippen LogP contribution is 2.23. The van der Waals surface area contributed by atoms with E-state index >= 15 is 0 Å². The van der Waals surface area contributed by atoms with Gasteiger partial charge in [0.15, 0.2) is 0 Å². The van der Waals surface area contributed by atoms with Crippen LogP contribution in [-0.2, 0) is 17.8 Å². The lowest BCUT2D eigenvalue weighted by molar-refractivity contribution is 0.0589. The molecule has 0 aliphatic rings. The molecule has 1 unspecified atom stereocenters. The largest absolute Gasteiger partial charge is 0.489 e. The number of carbonyl (C=O) groups is 1. The van der Waals surface area contributed by atoms with Gasteiger partial charge in [-0.2, -0.15) is 0 Å². The van der Waals surface area contributed by atoms with Gasteiger partial charge in [0, 0.05) is 24.0 Å². The molecule has 158 valence electrons. The molecule has 2 aromatic rings. The minimum atomic E-state index is -0.537. The number of nitrogen functional groups attached to an aromatic ring is 1. The molecule has 4 N–H and O–H groups in total. The first-order valence-electron chi connectivity index (χ1n) is 9.86. The van der Waals surface area contributed by atoms with E-state index in [1.807, 2.05) is 57.2 Å². The molecule has 6 nitrogen and oxygen atoms in total. The zero-order valence-electron chi connectivity index (χ0n) is 18.1. The van der Waals surface area contributed by atoms with Crippen LogP contribution in [0.4, 0.5) is 16.2 Å². The van der Waals surface area contributed by atoms with Crippen molar-refractivity contribution in [2.45, 2.75) is 46.3 Å². The maximum atomic E-state index is 12.2. The maximum absolute atomic E-state index is 12.2. The summed E-state index contributed by atoms with van der Waals surface area (Å²) >= 11 is 0. The third kappa shape index (κ3) is 6.98. The van der Waals surface area contributed by atoms with Gasteiger partial charge in [0.2, 0.25) is 0 Å². The lowest BCUT2D eigenvalue weighted by Crippen LogP contribution is -2.34. The summed E-state index contributed by atoms with van der Waals surface area (Å²) < 4.78 is 11.3. The van der Waals surface area contributed by atoms with Crippen LogP contribution < -0.4 is 21.1 Å². The lowest BCUT2D eigenvalue weighted by atomic mass is 9.99.